The molecule has 0 fully saturated rings. The molecule has 0 rings (SSSR count). The van der Waals surface area contributed by atoms with Crippen molar-refractivity contribution >= 4 is 39.5 Å². The summed E-state index contributed by atoms with van der Waals surface area (Å²) >= 11 is 0. The average Bonchev–Trinajstić information content (AvgIpc) is 0.955. The molecule has 0 amide bonds. The molecule has 0 heterocycles. The summed E-state index contributed by atoms with van der Waals surface area (Å²) < 4.78 is 68.6. The Kier molecular flexibility index (Phi) is 66.8. The lowest BCUT2D eigenvalue weighted by Crippen LogP contribution is -2.30. The highest BCUT2D eigenvalue weighted by molar-refractivity contribution is 7.47. The maximum Gasteiger partial charge on any atom is 0.472 e. The Labute approximate surface area is 600 Å². The third kappa shape index (κ3) is 72.4. The van der Waals surface area contributed by atoms with E-state index in [2.05, 4.69) is 55.4 Å². The smallest absolute Gasteiger partial charge is 0.462 e. The van der Waals surface area contributed by atoms with Crippen molar-refractivity contribution in [2.45, 2.75) is 420 Å². The first-order valence-corrected chi connectivity index (χ1v) is 43.7. The van der Waals surface area contributed by atoms with Gasteiger partial charge in [0.1, 0.15) is 19.3 Å². The van der Waals surface area contributed by atoms with Crippen molar-refractivity contribution in [2.75, 3.05) is 39.6 Å². The zero-order chi connectivity index (χ0) is 72.4. The van der Waals surface area contributed by atoms with E-state index in [-0.39, 0.29) is 25.7 Å². The molecule has 5 atom stereocenters. The van der Waals surface area contributed by atoms with Gasteiger partial charge in [-0.05, 0) is 49.4 Å². The molecule has 98 heavy (non-hydrogen) atoms. The van der Waals surface area contributed by atoms with Gasteiger partial charge in [-0.2, -0.15) is 0 Å². The maximum atomic E-state index is 13.1. The number of esters is 4. The van der Waals surface area contributed by atoms with E-state index in [9.17, 15) is 43.2 Å². The summed E-state index contributed by atoms with van der Waals surface area (Å²) in [6, 6.07) is 0. The first-order chi connectivity index (χ1) is 47.1. The highest BCUT2D eigenvalue weighted by Crippen LogP contribution is 2.45. The van der Waals surface area contributed by atoms with Crippen LogP contribution in [0.2, 0.25) is 0 Å². The molecule has 0 aliphatic rings. The Bertz CT molecular complexity index is 1920. The van der Waals surface area contributed by atoms with Gasteiger partial charge in [-0.1, -0.05) is 351 Å². The minimum Gasteiger partial charge on any atom is -0.462 e. The molecule has 3 N–H and O–H groups in total. The quantitative estimate of drug-likeness (QED) is 0.0222. The van der Waals surface area contributed by atoms with Gasteiger partial charge in [0, 0.05) is 25.7 Å². The summed E-state index contributed by atoms with van der Waals surface area (Å²) in [5, 5.41) is 10.6. The predicted octanol–water partition coefficient (Wildman–Crippen LogP) is 23.2. The fourth-order valence-electron chi connectivity index (χ4n) is 12.1. The summed E-state index contributed by atoms with van der Waals surface area (Å²) in [6.07, 6.45) is 54.2. The van der Waals surface area contributed by atoms with Gasteiger partial charge in [-0.15, -0.1) is 0 Å². The van der Waals surface area contributed by atoms with Crippen molar-refractivity contribution in [1.82, 2.24) is 0 Å². The standard InChI is InChI=1S/C79H154O17P2/c1-69(2)55-47-39-31-25-19-13-10-9-11-15-23-29-35-45-53-61-78(83)95-74(65-89-76(81)59-51-43-34-28-22-18-17-21-27-33-41-49-57-71(5)6)67-93-97(85,86)91-63-73(80)64-92-98(87,88)94-68-75(66-90-77(82)60-52-44-38-37-42-50-58-72(7)8)96-79(84)62-54-46-36-30-24-16-12-14-20-26-32-40-48-56-70(3)4/h69-75,80H,9-68H2,1-8H3,(H,85,86)(H,87,88)/t73-,74-,75-/m1/s1. The summed E-state index contributed by atoms with van der Waals surface area (Å²) in [5.41, 5.74) is 0. The van der Waals surface area contributed by atoms with Crippen molar-refractivity contribution in [3.8, 4) is 0 Å². The molecule has 0 spiro atoms. The third-order valence-corrected chi connectivity index (χ3v) is 20.2. The molecular formula is C79H154O17P2. The van der Waals surface area contributed by atoms with Gasteiger partial charge >= 0.3 is 39.5 Å². The highest BCUT2D eigenvalue weighted by atomic mass is 31.2. The number of hydrogen-bond acceptors (Lipinski definition) is 15. The van der Waals surface area contributed by atoms with E-state index < -0.39 is 97.5 Å². The first-order valence-electron chi connectivity index (χ1n) is 40.7. The van der Waals surface area contributed by atoms with Gasteiger partial charge < -0.3 is 33.8 Å². The molecule has 0 aliphatic heterocycles. The lowest BCUT2D eigenvalue weighted by molar-refractivity contribution is -0.161. The van der Waals surface area contributed by atoms with Crippen LogP contribution in [0.15, 0.2) is 0 Å². The molecule has 0 aromatic heterocycles. The Balaban J connectivity index is 5.23. The number of aliphatic hydroxyl groups is 1. The number of phosphoric ester groups is 2. The number of rotatable bonds is 76. The molecule has 0 aromatic carbocycles. The number of unbranched alkanes of at least 4 members (excludes halogenated alkanes) is 42. The van der Waals surface area contributed by atoms with E-state index in [1.54, 1.807) is 0 Å². The van der Waals surface area contributed by atoms with Gasteiger partial charge in [0.15, 0.2) is 12.2 Å². The second-order valence-corrected chi connectivity index (χ2v) is 33.3. The van der Waals surface area contributed by atoms with Crippen molar-refractivity contribution in [2.24, 2.45) is 23.7 Å². The normalized spacial score (nSPS) is 14.1. The SMILES string of the molecule is CC(C)CCCCCCCCCCCCCCCCCC(=O)O[C@H](COC(=O)CCCCCCCCCCCCCCC(C)C)COP(=O)(O)OC[C@@H](O)COP(=O)(O)OC[C@@H](COC(=O)CCCCCCCCC(C)C)OC(=O)CCCCCCCCCCCCCCCC(C)C. The second-order valence-electron chi connectivity index (χ2n) is 30.4. The van der Waals surface area contributed by atoms with Gasteiger partial charge in [0.25, 0.3) is 0 Å². The van der Waals surface area contributed by atoms with Gasteiger partial charge in [0.2, 0.25) is 0 Å². The predicted molar refractivity (Wildman–Crippen MR) is 400 cm³/mol. The molecule has 0 aliphatic carbocycles. The lowest BCUT2D eigenvalue weighted by Gasteiger charge is -2.21. The molecule has 582 valence electrons. The second kappa shape index (κ2) is 68.2. The van der Waals surface area contributed by atoms with Gasteiger partial charge in [-0.3, -0.25) is 37.3 Å². The Hall–Kier alpha value is -1.94. The number of ether oxygens (including phenoxy) is 4. The van der Waals surface area contributed by atoms with Crippen LogP contribution in [0.3, 0.4) is 0 Å². The molecule has 0 bridgehead atoms. The maximum absolute atomic E-state index is 13.1. The zero-order valence-corrected chi connectivity index (χ0v) is 66.2. The van der Waals surface area contributed by atoms with Crippen LogP contribution < -0.4 is 0 Å². The van der Waals surface area contributed by atoms with E-state index >= 15 is 0 Å². The number of aliphatic hydroxyl groups excluding tert-OH is 1. The molecule has 0 saturated carbocycles. The minimum atomic E-state index is -4.96. The highest BCUT2D eigenvalue weighted by Gasteiger charge is 2.30. The van der Waals surface area contributed by atoms with Crippen molar-refractivity contribution < 1.29 is 80.2 Å². The third-order valence-electron chi connectivity index (χ3n) is 18.3. The summed E-state index contributed by atoms with van der Waals surface area (Å²) in [4.78, 5) is 72.9. The Morgan fingerprint density at radius 2 is 0.429 bits per heavy atom. The average molecular weight is 1440 g/mol. The summed E-state index contributed by atoms with van der Waals surface area (Å²) in [5.74, 6) is 0.933. The number of carbonyl (C=O) groups excluding carboxylic acids is 4. The Morgan fingerprint density at radius 1 is 0.255 bits per heavy atom. The summed E-state index contributed by atoms with van der Waals surface area (Å²) in [7, 11) is -9.92. The van der Waals surface area contributed by atoms with Crippen LogP contribution in [0.5, 0.6) is 0 Å². The number of phosphoric acid groups is 2. The monoisotopic (exact) mass is 1440 g/mol. The van der Waals surface area contributed by atoms with Crippen LogP contribution in [-0.2, 0) is 65.4 Å². The van der Waals surface area contributed by atoms with Crippen LogP contribution in [0.4, 0.5) is 0 Å². The van der Waals surface area contributed by atoms with Crippen LogP contribution in [0.1, 0.15) is 402 Å². The fraction of sp³-hybridized carbons (Fsp3) is 0.949. The van der Waals surface area contributed by atoms with Crippen molar-refractivity contribution in [3.05, 3.63) is 0 Å². The molecule has 17 nitrogen and oxygen atoms in total. The zero-order valence-electron chi connectivity index (χ0n) is 64.4. The fourth-order valence-corrected chi connectivity index (χ4v) is 13.7. The summed E-state index contributed by atoms with van der Waals surface area (Å²) in [6.45, 7) is 14.2. The van der Waals surface area contributed by atoms with E-state index in [0.717, 1.165) is 114 Å². The van der Waals surface area contributed by atoms with E-state index in [1.807, 2.05) is 0 Å². The molecule has 0 saturated heterocycles. The van der Waals surface area contributed by atoms with Crippen LogP contribution in [0.25, 0.3) is 0 Å². The molecule has 2 unspecified atom stereocenters. The lowest BCUT2D eigenvalue weighted by atomic mass is 10.0. The van der Waals surface area contributed by atoms with E-state index in [4.69, 9.17) is 37.0 Å². The van der Waals surface area contributed by atoms with Gasteiger partial charge in [-0.25, -0.2) is 9.13 Å². The number of hydrogen-bond donors (Lipinski definition) is 3. The van der Waals surface area contributed by atoms with Gasteiger partial charge in [0.05, 0.1) is 26.4 Å². The van der Waals surface area contributed by atoms with Crippen molar-refractivity contribution in [1.29, 1.82) is 0 Å². The van der Waals surface area contributed by atoms with Crippen LogP contribution in [0, 0.1) is 23.7 Å². The largest absolute Gasteiger partial charge is 0.472 e. The van der Waals surface area contributed by atoms with Crippen LogP contribution >= 0.6 is 15.6 Å². The van der Waals surface area contributed by atoms with E-state index in [1.165, 1.54) is 199 Å². The van der Waals surface area contributed by atoms with Crippen LogP contribution in [-0.4, -0.2) is 96.7 Å². The first kappa shape index (κ1) is 96.1. The van der Waals surface area contributed by atoms with Crippen molar-refractivity contribution in [3.63, 3.8) is 0 Å². The molecule has 0 radical (unpaired) electrons. The molecular weight excluding hydrogens is 1280 g/mol. The topological polar surface area (TPSA) is 237 Å². The molecule has 0 aromatic rings. The Morgan fingerprint density at radius 3 is 0.633 bits per heavy atom. The number of carbonyl (C=O) groups is 4. The minimum absolute atomic E-state index is 0.106. The van der Waals surface area contributed by atoms with E-state index in [0.29, 0.717) is 31.6 Å². The molecule has 19 heteroatoms.